The Bertz CT molecular complexity index is 342. The molecule has 0 saturated carbocycles. The largest absolute Gasteiger partial charge is 0.411 e. The first-order valence-electron chi connectivity index (χ1n) is 5.29. The second-order valence-corrected chi connectivity index (χ2v) is 3.61. The van der Waals surface area contributed by atoms with Crippen LogP contribution in [0.4, 0.5) is 19.0 Å². The minimum atomic E-state index is -4.24. The number of hydrogen-bond donors (Lipinski definition) is 1. The van der Waals surface area contributed by atoms with Gasteiger partial charge in [0.15, 0.2) is 0 Å². The molecule has 1 rings (SSSR count). The molecule has 1 aromatic rings. The molecule has 1 N–H and O–H groups in total. The van der Waals surface area contributed by atoms with E-state index in [-0.39, 0.29) is 6.61 Å². The molecule has 0 atom stereocenters. The van der Waals surface area contributed by atoms with E-state index < -0.39 is 12.8 Å². The van der Waals surface area contributed by atoms with E-state index in [0.29, 0.717) is 13.0 Å². The minimum Gasteiger partial charge on any atom is -0.372 e. The zero-order chi connectivity index (χ0) is 12.7. The molecule has 0 radical (unpaired) electrons. The summed E-state index contributed by atoms with van der Waals surface area (Å²) in [5, 5.41) is 3.01. The lowest BCUT2D eigenvalue weighted by Crippen LogP contribution is -2.18. The van der Waals surface area contributed by atoms with Crippen LogP contribution >= 0.6 is 0 Å². The van der Waals surface area contributed by atoms with Crippen molar-refractivity contribution in [2.24, 2.45) is 0 Å². The Morgan fingerprint density at radius 1 is 1.35 bits per heavy atom. The molecule has 1 aromatic heterocycles. The fourth-order valence-corrected chi connectivity index (χ4v) is 1.22. The van der Waals surface area contributed by atoms with Crippen LogP contribution < -0.4 is 5.32 Å². The number of nitrogens with zero attached hydrogens (tertiary/aromatic N) is 1. The smallest absolute Gasteiger partial charge is 0.372 e. The van der Waals surface area contributed by atoms with Gasteiger partial charge in [0.25, 0.3) is 0 Å². The number of aryl methyl sites for hydroxylation is 1. The summed E-state index contributed by atoms with van der Waals surface area (Å²) < 4.78 is 39.6. The van der Waals surface area contributed by atoms with Gasteiger partial charge in [0.2, 0.25) is 0 Å². The van der Waals surface area contributed by atoms with E-state index in [1.807, 2.05) is 25.1 Å². The highest BCUT2D eigenvalue weighted by Gasteiger charge is 2.27. The molecular weight excluding hydrogens is 233 g/mol. The lowest BCUT2D eigenvalue weighted by atomic mass is 10.3. The topological polar surface area (TPSA) is 34.1 Å². The molecule has 17 heavy (non-hydrogen) atoms. The molecule has 6 heteroatoms. The first-order chi connectivity index (χ1) is 7.97. The molecule has 96 valence electrons. The van der Waals surface area contributed by atoms with Gasteiger partial charge in [0.1, 0.15) is 12.4 Å². The molecule has 0 aliphatic rings. The fourth-order valence-electron chi connectivity index (χ4n) is 1.22. The third kappa shape index (κ3) is 6.78. The maximum Gasteiger partial charge on any atom is 0.411 e. The molecule has 3 nitrogen and oxygen atoms in total. The van der Waals surface area contributed by atoms with Gasteiger partial charge in [-0.2, -0.15) is 13.2 Å². The predicted molar refractivity (Wildman–Crippen MR) is 59.0 cm³/mol. The molecule has 0 aliphatic carbocycles. The summed E-state index contributed by atoms with van der Waals surface area (Å²) in [4.78, 5) is 4.20. The maximum atomic E-state index is 11.7. The summed E-state index contributed by atoms with van der Waals surface area (Å²) in [5.74, 6) is 0.723. The summed E-state index contributed by atoms with van der Waals surface area (Å²) in [6, 6.07) is 5.55. The second-order valence-electron chi connectivity index (χ2n) is 3.61. The van der Waals surface area contributed by atoms with Crippen LogP contribution in [0.15, 0.2) is 18.2 Å². The van der Waals surface area contributed by atoms with Crippen LogP contribution in [0, 0.1) is 6.92 Å². The number of hydrogen-bond acceptors (Lipinski definition) is 3. The molecular formula is C11H15F3N2O. The first kappa shape index (κ1) is 13.8. The Labute approximate surface area is 98.0 Å². The average molecular weight is 248 g/mol. The van der Waals surface area contributed by atoms with Crippen molar-refractivity contribution < 1.29 is 17.9 Å². The number of halogens is 3. The average Bonchev–Trinajstić information content (AvgIpc) is 2.22. The van der Waals surface area contributed by atoms with Crippen molar-refractivity contribution in [1.29, 1.82) is 0 Å². The Kier molecular flexibility index (Phi) is 5.21. The van der Waals surface area contributed by atoms with Crippen LogP contribution in [0.1, 0.15) is 12.1 Å². The van der Waals surface area contributed by atoms with Crippen LogP contribution in [0.25, 0.3) is 0 Å². The normalized spacial score (nSPS) is 11.5. The van der Waals surface area contributed by atoms with Crippen LogP contribution in [-0.4, -0.2) is 30.9 Å². The van der Waals surface area contributed by atoms with Crippen molar-refractivity contribution in [3.8, 4) is 0 Å². The summed E-state index contributed by atoms with van der Waals surface area (Å²) in [5.41, 5.74) is 0.892. The third-order valence-corrected chi connectivity index (χ3v) is 1.93. The summed E-state index contributed by atoms with van der Waals surface area (Å²) in [7, 11) is 0. The molecule has 0 aromatic carbocycles. The first-order valence-corrected chi connectivity index (χ1v) is 5.29. The van der Waals surface area contributed by atoms with Crippen molar-refractivity contribution >= 4 is 5.82 Å². The number of pyridine rings is 1. The van der Waals surface area contributed by atoms with Crippen LogP contribution in [0.2, 0.25) is 0 Å². The van der Waals surface area contributed by atoms with Crippen molar-refractivity contribution in [3.05, 3.63) is 23.9 Å². The maximum absolute atomic E-state index is 11.7. The van der Waals surface area contributed by atoms with Crippen LogP contribution in [0.5, 0.6) is 0 Å². The number of anilines is 1. The summed E-state index contributed by atoms with van der Waals surface area (Å²) in [6.45, 7) is 1.31. The third-order valence-electron chi connectivity index (χ3n) is 1.93. The summed E-state index contributed by atoms with van der Waals surface area (Å²) in [6.07, 6.45) is -3.74. The fraction of sp³-hybridized carbons (Fsp3) is 0.545. The van der Waals surface area contributed by atoms with Gasteiger partial charge >= 0.3 is 6.18 Å². The second kappa shape index (κ2) is 6.44. The molecule has 0 amide bonds. The Morgan fingerprint density at radius 2 is 2.12 bits per heavy atom. The van der Waals surface area contributed by atoms with E-state index in [9.17, 15) is 13.2 Å². The van der Waals surface area contributed by atoms with Crippen LogP contribution in [0.3, 0.4) is 0 Å². The zero-order valence-corrected chi connectivity index (χ0v) is 9.55. The molecule has 1 heterocycles. The lowest BCUT2D eigenvalue weighted by molar-refractivity contribution is -0.173. The number of alkyl halides is 3. The standard InChI is InChI=1S/C11H15F3N2O/c1-9-4-2-5-10(16-9)15-6-3-7-17-8-11(12,13)14/h2,4-5H,3,6-8H2,1H3,(H,15,16). The van der Waals surface area contributed by atoms with Crippen molar-refractivity contribution in [2.75, 3.05) is 25.1 Å². The highest BCUT2D eigenvalue weighted by atomic mass is 19.4. The number of rotatable bonds is 6. The minimum absolute atomic E-state index is 0.0817. The number of ether oxygens (including phenoxy) is 1. The Balaban J connectivity index is 2.09. The van der Waals surface area contributed by atoms with Gasteiger partial charge in [-0.1, -0.05) is 6.07 Å². The van der Waals surface area contributed by atoms with Gasteiger partial charge in [-0.3, -0.25) is 0 Å². The molecule has 0 bridgehead atoms. The van der Waals surface area contributed by atoms with E-state index in [4.69, 9.17) is 0 Å². The zero-order valence-electron chi connectivity index (χ0n) is 9.55. The van der Waals surface area contributed by atoms with E-state index in [0.717, 1.165) is 11.5 Å². The van der Waals surface area contributed by atoms with E-state index in [2.05, 4.69) is 15.0 Å². The van der Waals surface area contributed by atoms with E-state index >= 15 is 0 Å². The van der Waals surface area contributed by atoms with Crippen molar-refractivity contribution in [2.45, 2.75) is 19.5 Å². The van der Waals surface area contributed by atoms with Gasteiger partial charge in [-0.05, 0) is 25.5 Å². The monoisotopic (exact) mass is 248 g/mol. The van der Waals surface area contributed by atoms with Gasteiger partial charge in [0, 0.05) is 18.8 Å². The molecule has 0 fully saturated rings. The molecule has 0 spiro atoms. The highest BCUT2D eigenvalue weighted by Crippen LogP contribution is 2.14. The quantitative estimate of drug-likeness (QED) is 0.786. The Hall–Kier alpha value is -1.30. The van der Waals surface area contributed by atoms with E-state index in [1.165, 1.54) is 0 Å². The SMILES string of the molecule is Cc1cccc(NCCCOCC(F)(F)F)n1. The molecule has 0 aliphatic heterocycles. The Morgan fingerprint density at radius 3 is 2.76 bits per heavy atom. The van der Waals surface area contributed by atoms with Gasteiger partial charge in [-0.15, -0.1) is 0 Å². The number of aromatic nitrogens is 1. The van der Waals surface area contributed by atoms with Crippen molar-refractivity contribution in [3.63, 3.8) is 0 Å². The number of nitrogens with one attached hydrogen (secondary N) is 1. The predicted octanol–water partition coefficient (Wildman–Crippen LogP) is 2.77. The van der Waals surface area contributed by atoms with Gasteiger partial charge < -0.3 is 10.1 Å². The van der Waals surface area contributed by atoms with Crippen molar-refractivity contribution in [1.82, 2.24) is 4.98 Å². The van der Waals surface area contributed by atoms with Gasteiger partial charge in [0.05, 0.1) is 0 Å². The molecule has 0 unspecified atom stereocenters. The van der Waals surface area contributed by atoms with Crippen LogP contribution in [-0.2, 0) is 4.74 Å². The molecule has 0 saturated heterocycles. The summed E-state index contributed by atoms with van der Waals surface area (Å²) >= 11 is 0. The van der Waals surface area contributed by atoms with Gasteiger partial charge in [-0.25, -0.2) is 4.98 Å². The lowest BCUT2D eigenvalue weighted by Gasteiger charge is -2.08. The van der Waals surface area contributed by atoms with E-state index in [1.54, 1.807) is 0 Å². The highest BCUT2D eigenvalue weighted by molar-refractivity contribution is 5.34.